The minimum Gasteiger partial charge on any atom is -0.258 e. The standard InChI is InChI=1S/C8H12NP/c1-2-7-4-3-5-8(6-10)9-7/h3-5H,2,6,10H2,1H3. The molecule has 0 saturated heterocycles. The van der Waals surface area contributed by atoms with Gasteiger partial charge in [-0.05, 0) is 18.6 Å². The average molecular weight is 153 g/mol. The first kappa shape index (κ1) is 7.68. The Morgan fingerprint density at radius 3 is 2.70 bits per heavy atom. The Bertz CT molecular complexity index is 191. The lowest BCUT2D eigenvalue weighted by atomic mass is 10.3. The first-order valence-electron chi connectivity index (χ1n) is 3.51. The van der Waals surface area contributed by atoms with Crippen LogP contribution >= 0.6 is 9.24 Å². The second-order valence-corrected chi connectivity index (χ2v) is 2.59. The minimum absolute atomic E-state index is 0.952. The van der Waals surface area contributed by atoms with E-state index in [4.69, 9.17) is 0 Å². The third-order valence-corrected chi connectivity index (χ3v) is 1.85. The molecule has 0 N–H and O–H groups in total. The molecule has 0 amide bonds. The Balaban J connectivity index is 2.87. The molecule has 1 aromatic rings. The van der Waals surface area contributed by atoms with Gasteiger partial charge in [0, 0.05) is 17.5 Å². The third kappa shape index (κ3) is 1.78. The fraction of sp³-hybridized carbons (Fsp3) is 0.375. The number of pyridine rings is 1. The topological polar surface area (TPSA) is 12.9 Å². The zero-order chi connectivity index (χ0) is 7.40. The van der Waals surface area contributed by atoms with Crippen molar-refractivity contribution in [3.63, 3.8) is 0 Å². The molecule has 0 aromatic carbocycles. The van der Waals surface area contributed by atoms with Crippen molar-refractivity contribution in [2.75, 3.05) is 0 Å². The van der Waals surface area contributed by atoms with Crippen LogP contribution in [0.5, 0.6) is 0 Å². The van der Waals surface area contributed by atoms with E-state index >= 15 is 0 Å². The van der Waals surface area contributed by atoms with Gasteiger partial charge >= 0.3 is 0 Å². The normalized spacial score (nSPS) is 9.80. The molecule has 1 atom stereocenters. The summed E-state index contributed by atoms with van der Waals surface area (Å²) in [6.45, 7) is 2.12. The van der Waals surface area contributed by atoms with Gasteiger partial charge in [-0.1, -0.05) is 13.0 Å². The molecule has 0 aliphatic rings. The predicted octanol–water partition coefficient (Wildman–Crippen LogP) is 2.02. The zero-order valence-electron chi connectivity index (χ0n) is 6.17. The zero-order valence-corrected chi connectivity index (χ0v) is 7.33. The van der Waals surface area contributed by atoms with Crippen molar-refractivity contribution in [1.29, 1.82) is 0 Å². The van der Waals surface area contributed by atoms with Gasteiger partial charge in [0.1, 0.15) is 0 Å². The average Bonchev–Trinajstić information content (AvgIpc) is 2.05. The Hall–Kier alpha value is -0.420. The molecule has 1 nitrogen and oxygen atoms in total. The van der Waals surface area contributed by atoms with Crippen LogP contribution in [0.1, 0.15) is 18.3 Å². The molecular formula is C8H12NP. The van der Waals surface area contributed by atoms with E-state index < -0.39 is 0 Å². The van der Waals surface area contributed by atoms with Crippen LogP contribution in [0.2, 0.25) is 0 Å². The number of nitrogens with zero attached hydrogens (tertiary/aromatic N) is 1. The van der Waals surface area contributed by atoms with Gasteiger partial charge in [0.2, 0.25) is 0 Å². The van der Waals surface area contributed by atoms with Crippen LogP contribution in [0.4, 0.5) is 0 Å². The van der Waals surface area contributed by atoms with E-state index in [-0.39, 0.29) is 0 Å². The van der Waals surface area contributed by atoms with Crippen LogP contribution in [-0.4, -0.2) is 4.98 Å². The molecule has 10 heavy (non-hydrogen) atoms. The highest BCUT2D eigenvalue weighted by Crippen LogP contribution is 2.03. The van der Waals surface area contributed by atoms with Crippen molar-refractivity contribution in [2.24, 2.45) is 0 Å². The highest BCUT2D eigenvalue weighted by molar-refractivity contribution is 7.15. The summed E-state index contributed by atoms with van der Waals surface area (Å²) in [6, 6.07) is 6.17. The fourth-order valence-electron chi connectivity index (χ4n) is 0.840. The lowest BCUT2D eigenvalue weighted by molar-refractivity contribution is 1.00. The van der Waals surface area contributed by atoms with Crippen molar-refractivity contribution < 1.29 is 0 Å². The van der Waals surface area contributed by atoms with Crippen molar-refractivity contribution in [2.45, 2.75) is 19.5 Å². The maximum Gasteiger partial charge on any atom is 0.0444 e. The summed E-state index contributed by atoms with van der Waals surface area (Å²) in [6.07, 6.45) is 1.98. The highest BCUT2D eigenvalue weighted by Gasteiger charge is 1.91. The molecule has 0 saturated carbocycles. The SMILES string of the molecule is CCc1cccc(CP)n1. The Morgan fingerprint density at radius 2 is 2.10 bits per heavy atom. The van der Waals surface area contributed by atoms with Gasteiger partial charge < -0.3 is 0 Å². The molecular weight excluding hydrogens is 141 g/mol. The molecule has 1 aromatic heterocycles. The summed E-state index contributed by atoms with van der Waals surface area (Å²) in [7, 11) is 2.67. The Morgan fingerprint density at radius 1 is 1.40 bits per heavy atom. The molecule has 0 spiro atoms. The van der Waals surface area contributed by atoms with E-state index in [1.54, 1.807) is 0 Å². The minimum atomic E-state index is 0.952. The predicted molar refractivity (Wildman–Crippen MR) is 47.0 cm³/mol. The maximum atomic E-state index is 4.39. The van der Waals surface area contributed by atoms with Crippen LogP contribution in [-0.2, 0) is 12.6 Å². The van der Waals surface area contributed by atoms with E-state index in [2.05, 4.69) is 33.3 Å². The molecule has 1 rings (SSSR count). The van der Waals surface area contributed by atoms with Gasteiger partial charge in [-0.3, -0.25) is 4.98 Å². The van der Waals surface area contributed by atoms with E-state index in [0.29, 0.717) is 0 Å². The third-order valence-electron chi connectivity index (χ3n) is 1.44. The first-order chi connectivity index (χ1) is 4.86. The summed E-state index contributed by atoms with van der Waals surface area (Å²) < 4.78 is 0. The number of aromatic nitrogens is 1. The van der Waals surface area contributed by atoms with Gasteiger partial charge in [0.05, 0.1) is 0 Å². The summed E-state index contributed by atoms with van der Waals surface area (Å²) in [5.41, 5.74) is 2.34. The van der Waals surface area contributed by atoms with Gasteiger partial charge in [0.15, 0.2) is 0 Å². The number of rotatable bonds is 2. The molecule has 1 unspecified atom stereocenters. The molecule has 0 aliphatic heterocycles. The van der Waals surface area contributed by atoms with Crippen LogP contribution in [0, 0.1) is 0 Å². The fourth-order valence-corrected chi connectivity index (χ4v) is 1.07. The van der Waals surface area contributed by atoms with Crippen molar-refractivity contribution in [3.8, 4) is 0 Å². The lowest BCUT2D eigenvalue weighted by Gasteiger charge is -1.97. The van der Waals surface area contributed by atoms with E-state index in [1.807, 2.05) is 6.07 Å². The Kier molecular flexibility index (Phi) is 2.82. The summed E-state index contributed by atoms with van der Waals surface area (Å²) in [5, 5.41) is 0. The summed E-state index contributed by atoms with van der Waals surface area (Å²) >= 11 is 0. The first-order valence-corrected chi connectivity index (χ1v) is 4.33. The molecule has 2 heteroatoms. The monoisotopic (exact) mass is 153 g/mol. The smallest absolute Gasteiger partial charge is 0.0444 e. The van der Waals surface area contributed by atoms with Crippen molar-refractivity contribution in [3.05, 3.63) is 29.6 Å². The van der Waals surface area contributed by atoms with Crippen molar-refractivity contribution >= 4 is 9.24 Å². The number of hydrogen-bond donors (Lipinski definition) is 0. The van der Waals surface area contributed by atoms with Crippen LogP contribution in [0.3, 0.4) is 0 Å². The molecule has 0 fully saturated rings. The van der Waals surface area contributed by atoms with Crippen molar-refractivity contribution in [1.82, 2.24) is 4.98 Å². The quantitative estimate of drug-likeness (QED) is 0.592. The molecule has 0 aliphatic carbocycles. The largest absolute Gasteiger partial charge is 0.258 e. The second kappa shape index (κ2) is 3.68. The Labute approximate surface area is 64.1 Å². The summed E-state index contributed by atoms with van der Waals surface area (Å²) in [5.74, 6) is 0. The van der Waals surface area contributed by atoms with Gasteiger partial charge in [-0.15, -0.1) is 9.24 Å². The van der Waals surface area contributed by atoms with Gasteiger partial charge in [0.25, 0.3) is 0 Å². The summed E-state index contributed by atoms with van der Waals surface area (Å²) in [4.78, 5) is 4.39. The van der Waals surface area contributed by atoms with E-state index in [9.17, 15) is 0 Å². The highest BCUT2D eigenvalue weighted by atomic mass is 31.0. The van der Waals surface area contributed by atoms with E-state index in [1.165, 1.54) is 5.69 Å². The molecule has 1 heterocycles. The molecule has 0 radical (unpaired) electrons. The van der Waals surface area contributed by atoms with Gasteiger partial charge in [-0.2, -0.15) is 0 Å². The molecule has 0 bridgehead atoms. The number of hydrogen-bond acceptors (Lipinski definition) is 1. The van der Waals surface area contributed by atoms with Crippen LogP contribution < -0.4 is 0 Å². The van der Waals surface area contributed by atoms with Gasteiger partial charge in [-0.25, -0.2) is 0 Å². The number of aryl methyl sites for hydroxylation is 1. The van der Waals surface area contributed by atoms with Crippen LogP contribution in [0.15, 0.2) is 18.2 Å². The van der Waals surface area contributed by atoms with E-state index in [0.717, 1.165) is 18.3 Å². The van der Waals surface area contributed by atoms with Crippen LogP contribution in [0.25, 0.3) is 0 Å². The second-order valence-electron chi connectivity index (χ2n) is 2.18. The maximum absolute atomic E-state index is 4.39. The lowest BCUT2D eigenvalue weighted by Crippen LogP contribution is -1.89. The molecule has 54 valence electrons.